The van der Waals surface area contributed by atoms with E-state index in [0.29, 0.717) is 5.92 Å². The second-order valence-corrected chi connectivity index (χ2v) is 4.92. The molecule has 2 N–H and O–H groups in total. The second kappa shape index (κ2) is 6.76. The van der Waals surface area contributed by atoms with E-state index in [-0.39, 0.29) is 24.4 Å². The molecule has 1 saturated heterocycles. The molecule has 1 aliphatic heterocycles. The summed E-state index contributed by atoms with van der Waals surface area (Å²) in [6.45, 7) is 6.13. The van der Waals surface area contributed by atoms with Crippen molar-refractivity contribution >= 4 is 18.3 Å². The summed E-state index contributed by atoms with van der Waals surface area (Å²) in [5.41, 5.74) is 1.87. The van der Waals surface area contributed by atoms with Gasteiger partial charge in [0.2, 0.25) is 0 Å². The lowest BCUT2D eigenvalue weighted by Crippen LogP contribution is -2.50. The van der Waals surface area contributed by atoms with Crippen LogP contribution in [0.3, 0.4) is 0 Å². The first kappa shape index (κ1) is 15.0. The minimum Gasteiger partial charge on any atom is -0.348 e. The van der Waals surface area contributed by atoms with Crippen molar-refractivity contribution in [2.24, 2.45) is 5.92 Å². The van der Waals surface area contributed by atoms with Crippen LogP contribution in [-0.4, -0.2) is 25.0 Å². The molecule has 1 aromatic carbocycles. The third-order valence-electron chi connectivity index (χ3n) is 3.42. The number of piperidine rings is 1. The summed E-state index contributed by atoms with van der Waals surface area (Å²) in [4.78, 5) is 12.1. The third kappa shape index (κ3) is 3.72. The molecule has 3 nitrogen and oxygen atoms in total. The molecule has 1 heterocycles. The van der Waals surface area contributed by atoms with E-state index >= 15 is 0 Å². The number of aryl methyl sites for hydroxylation is 1. The van der Waals surface area contributed by atoms with Crippen molar-refractivity contribution in [3.05, 3.63) is 35.4 Å². The average molecular weight is 269 g/mol. The molecule has 18 heavy (non-hydrogen) atoms. The molecule has 2 rings (SSSR count). The van der Waals surface area contributed by atoms with Crippen LogP contribution in [0.5, 0.6) is 0 Å². The number of benzene rings is 1. The van der Waals surface area contributed by atoms with E-state index < -0.39 is 0 Å². The van der Waals surface area contributed by atoms with Crippen molar-refractivity contribution in [1.29, 1.82) is 0 Å². The minimum atomic E-state index is 0. The second-order valence-electron chi connectivity index (χ2n) is 4.92. The maximum atomic E-state index is 12.1. The molecular formula is C14H21ClN2O. The van der Waals surface area contributed by atoms with Crippen molar-refractivity contribution in [2.45, 2.75) is 26.3 Å². The van der Waals surface area contributed by atoms with Crippen LogP contribution in [0.2, 0.25) is 0 Å². The summed E-state index contributed by atoms with van der Waals surface area (Å²) in [6.07, 6.45) is 1.12. The first-order chi connectivity index (χ1) is 8.16. The van der Waals surface area contributed by atoms with Gasteiger partial charge in [0.1, 0.15) is 0 Å². The zero-order valence-corrected chi connectivity index (χ0v) is 11.7. The van der Waals surface area contributed by atoms with Crippen LogP contribution >= 0.6 is 12.4 Å². The summed E-state index contributed by atoms with van der Waals surface area (Å²) in [5, 5.41) is 6.43. The van der Waals surface area contributed by atoms with E-state index in [0.717, 1.165) is 30.6 Å². The molecule has 100 valence electrons. The summed E-state index contributed by atoms with van der Waals surface area (Å²) in [6, 6.07) is 7.96. The first-order valence-corrected chi connectivity index (χ1v) is 6.25. The SMILES string of the molecule is Cc1cccc(C(=O)NC2CNCCC2C)c1.Cl. The first-order valence-electron chi connectivity index (χ1n) is 6.25. The zero-order valence-electron chi connectivity index (χ0n) is 10.9. The van der Waals surface area contributed by atoms with Gasteiger partial charge in [0.05, 0.1) is 0 Å². The predicted octanol–water partition coefficient (Wildman–Crippen LogP) is 2.14. The van der Waals surface area contributed by atoms with Crippen LogP contribution in [0, 0.1) is 12.8 Å². The zero-order chi connectivity index (χ0) is 12.3. The van der Waals surface area contributed by atoms with Crippen LogP contribution < -0.4 is 10.6 Å². The molecule has 1 amide bonds. The number of carbonyl (C=O) groups excluding carboxylic acids is 1. The Morgan fingerprint density at radius 2 is 2.22 bits per heavy atom. The lowest BCUT2D eigenvalue weighted by Gasteiger charge is -2.30. The van der Waals surface area contributed by atoms with Gasteiger partial charge in [0.15, 0.2) is 0 Å². The van der Waals surface area contributed by atoms with Crippen LogP contribution in [-0.2, 0) is 0 Å². The normalized spacial score (nSPS) is 23.0. The molecule has 0 spiro atoms. The molecule has 2 atom stereocenters. The quantitative estimate of drug-likeness (QED) is 0.863. The number of halogens is 1. The Morgan fingerprint density at radius 3 is 2.89 bits per heavy atom. The van der Waals surface area contributed by atoms with Crippen molar-refractivity contribution in [2.75, 3.05) is 13.1 Å². The highest BCUT2D eigenvalue weighted by Gasteiger charge is 2.22. The maximum Gasteiger partial charge on any atom is 0.251 e. The Balaban J connectivity index is 0.00000162. The Morgan fingerprint density at radius 1 is 1.44 bits per heavy atom. The summed E-state index contributed by atoms with van der Waals surface area (Å²) in [5.74, 6) is 0.583. The monoisotopic (exact) mass is 268 g/mol. The molecule has 0 saturated carbocycles. The van der Waals surface area contributed by atoms with Gasteiger partial charge < -0.3 is 10.6 Å². The van der Waals surface area contributed by atoms with E-state index in [1.165, 1.54) is 0 Å². The fourth-order valence-electron chi connectivity index (χ4n) is 2.22. The van der Waals surface area contributed by atoms with E-state index in [9.17, 15) is 4.79 Å². The fourth-order valence-corrected chi connectivity index (χ4v) is 2.22. The van der Waals surface area contributed by atoms with Gasteiger partial charge in [-0.15, -0.1) is 12.4 Å². The Kier molecular flexibility index (Phi) is 5.63. The molecule has 4 heteroatoms. The Bertz CT molecular complexity index is 409. The standard InChI is InChI=1S/C14H20N2O.ClH/c1-10-4-3-5-12(8-10)14(17)16-13-9-15-7-6-11(13)2;/h3-5,8,11,13,15H,6-7,9H2,1-2H3,(H,16,17);1H. The number of hydrogen-bond donors (Lipinski definition) is 2. The van der Waals surface area contributed by atoms with Crippen LogP contribution in [0.1, 0.15) is 29.3 Å². The Hall–Kier alpha value is -1.06. The van der Waals surface area contributed by atoms with Crippen molar-refractivity contribution < 1.29 is 4.79 Å². The minimum absolute atomic E-state index is 0. The van der Waals surface area contributed by atoms with Gasteiger partial charge in [-0.05, 0) is 37.9 Å². The molecule has 0 bridgehead atoms. The number of amides is 1. The van der Waals surface area contributed by atoms with Crippen molar-refractivity contribution in [3.63, 3.8) is 0 Å². The molecule has 0 aromatic heterocycles. The average Bonchev–Trinajstić information content (AvgIpc) is 2.32. The molecule has 1 fully saturated rings. The summed E-state index contributed by atoms with van der Waals surface area (Å²) < 4.78 is 0. The molecule has 0 aliphatic carbocycles. The highest BCUT2D eigenvalue weighted by Crippen LogP contribution is 2.12. The third-order valence-corrected chi connectivity index (χ3v) is 3.42. The summed E-state index contributed by atoms with van der Waals surface area (Å²) in [7, 11) is 0. The Labute approximate surface area is 115 Å². The van der Waals surface area contributed by atoms with Gasteiger partial charge in [-0.2, -0.15) is 0 Å². The topological polar surface area (TPSA) is 41.1 Å². The predicted molar refractivity (Wildman–Crippen MR) is 76.3 cm³/mol. The van der Waals surface area contributed by atoms with E-state index in [1.54, 1.807) is 0 Å². The number of carbonyl (C=O) groups is 1. The number of nitrogens with one attached hydrogen (secondary N) is 2. The van der Waals surface area contributed by atoms with Crippen LogP contribution in [0.15, 0.2) is 24.3 Å². The largest absolute Gasteiger partial charge is 0.348 e. The maximum absolute atomic E-state index is 12.1. The lowest BCUT2D eigenvalue weighted by atomic mass is 9.94. The van der Waals surface area contributed by atoms with Gasteiger partial charge in [-0.25, -0.2) is 0 Å². The van der Waals surface area contributed by atoms with Crippen LogP contribution in [0.4, 0.5) is 0 Å². The smallest absolute Gasteiger partial charge is 0.251 e. The van der Waals surface area contributed by atoms with Gasteiger partial charge in [0.25, 0.3) is 5.91 Å². The van der Waals surface area contributed by atoms with E-state index in [4.69, 9.17) is 0 Å². The fraction of sp³-hybridized carbons (Fsp3) is 0.500. The highest BCUT2D eigenvalue weighted by molar-refractivity contribution is 5.94. The molecule has 1 aliphatic rings. The summed E-state index contributed by atoms with van der Waals surface area (Å²) >= 11 is 0. The van der Waals surface area contributed by atoms with Gasteiger partial charge in [0, 0.05) is 18.2 Å². The van der Waals surface area contributed by atoms with Crippen molar-refractivity contribution in [1.82, 2.24) is 10.6 Å². The van der Waals surface area contributed by atoms with Gasteiger partial charge in [-0.3, -0.25) is 4.79 Å². The highest BCUT2D eigenvalue weighted by atomic mass is 35.5. The van der Waals surface area contributed by atoms with Gasteiger partial charge >= 0.3 is 0 Å². The van der Waals surface area contributed by atoms with E-state index in [1.807, 2.05) is 31.2 Å². The molecule has 1 aromatic rings. The number of hydrogen-bond acceptors (Lipinski definition) is 2. The lowest BCUT2D eigenvalue weighted by molar-refractivity contribution is 0.0915. The van der Waals surface area contributed by atoms with E-state index in [2.05, 4.69) is 17.6 Å². The molecule has 0 radical (unpaired) electrons. The number of rotatable bonds is 2. The van der Waals surface area contributed by atoms with Crippen molar-refractivity contribution in [3.8, 4) is 0 Å². The molecule has 2 unspecified atom stereocenters. The molecular weight excluding hydrogens is 248 g/mol. The van der Waals surface area contributed by atoms with Gasteiger partial charge in [-0.1, -0.05) is 24.6 Å². The van der Waals surface area contributed by atoms with Crippen LogP contribution in [0.25, 0.3) is 0 Å².